The van der Waals surface area contributed by atoms with Crippen molar-refractivity contribution in [3.8, 4) is 0 Å². The summed E-state index contributed by atoms with van der Waals surface area (Å²) in [5.74, 6) is 1.36. The maximum atomic E-state index is 12.4. The molecule has 0 spiro atoms. The van der Waals surface area contributed by atoms with E-state index in [0.29, 0.717) is 24.3 Å². The minimum Gasteiger partial charge on any atom is -0.393 e. The van der Waals surface area contributed by atoms with Gasteiger partial charge in [-0.3, -0.25) is 0 Å². The number of hydrogen-bond acceptors (Lipinski definition) is 4. The number of fused-ring (bicyclic) bond motifs is 5. The van der Waals surface area contributed by atoms with Crippen LogP contribution in [0.15, 0.2) is 11.6 Å². The van der Waals surface area contributed by atoms with Gasteiger partial charge in [0.2, 0.25) is 0 Å². The second-order valence-electron chi connectivity index (χ2n) is 12.9. The van der Waals surface area contributed by atoms with Crippen molar-refractivity contribution in [1.82, 2.24) is 4.90 Å². The lowest BCUT2D eigenvalue weighted by Gasteiger charge is -2.60. The molecule has 4 aliphatic carbocycles. The zero-order chi connectivity index (χ0) is 22.9. The van der Waals surface area contributed by atoms with E-state index < -0.39 is 11.7 Å². The van der Waals surface area contributed by atoms with E-state index in [4.69, 9.17) is 0 Å². The molecule has 10 atom stereocenters. The lowest BCUT2D eigenvalue weighted by atomic mass is 9.46. The summed E-state index contributed by atoms with van der Waals surface area (Å²) < 4.78 is 0. The van der Waals surface area contributed by atoms with Crippen molar-refractivity contribution in [3.05, 3.63) is 11.6 Å². The summed E-state index contributed by atoms with van der Waals surface area (Å²) >= 11 is 0. The second-order valence-corrected chi connectivity index (χ2v) is 12.9. The maximum absolute atomic E-state index is 12.4. The predicted molar refractivity (Wildman–Crippen MR) is 128 cm³/mol. The van der Waals surface area contributed by atoms with Crippen LogP contribution in [-0.4, -0.2) is 57.7 Å². The molecule has 0 aromatic heterocycles. The molecule has 5 rings (SSSR count). The lowest BCUT2D eigenvalue weighted by Crippen LogP contribution is -2.59. The summed E-state index contributed by atoms with van der Waals surface area (Å²) in [5, 5.41) is 34.2. The van der Waals surface area contributed by atoms with Gasteiger partial charge in [0.25, 0.3) is 0 Å². The van der Waals surface area contributed by atoms with Gasteiger partial charge in [-0.25, -0.2) is 0 Å². The Morgan fingerprint density at radius 2 is 1.84 bits per heavy atom. The number of aliphatic hydroxyl groups excluding tert-OH is 2. The zero-order valence-electron chi connectivity index (χ0n) is 20.9. The predicted octanol–water partition coefficient (Wildman–Crippen LogP) is 4.52. The Hall–Kier alpha value is -0.420. The van der Waals surface area contributed by atoms with Crippen LogP contribution in [0, 0.1) is 34.5 Å². The average molecular weight is 446 g/mol. The molecule has 182 valence electrons. The SMILES string of the molecule is C[C@@H](C1CCCCCN1C)C1(O)C[C@@H](O)[C@H]2[C@@H]3CC=C4C[C@@H](O)CC[C@]4(C)[C@H]3CC[C@@]21C. The van der Waals surface area contributed by atoms with Gasteiger partial charge in [0.15, 0.2) is 0 Å². The minimum absolute atomic E-state index is 0.164. The van der Waals surface area contributed by atoms with Gasteiger partial charge in [0.1, 0.15) is 0 Å². The fourth-order valence-corrected chi connectivity index (χ4v) is 9.72. The van der Waals surface area contributed by atoms with E-state index in [-0.39, 0.29) is 28.8 Å². The van der Waals surface area contributed by atoms with Crippen molar-refractivity contribution in [2.24, 2.45) is 34.5 Å². The first-order chi connectivity index (χ1) is 15.1. The molecule has 4 nitrogen and oxygen atoms in total. The van der Waals surface area contributed by atoms with E-state index in [1.807, 2.05) is 0 Å². The Morgan fingerprint density at radius 1 is 1.06 bits per heavy atom. The molecule has 3 N–H and O–H groups in total. The summed E-state index contributed by atoms with van der Waals surface area (Å²) in [6.07, 6.45) is 13.3. The molecule has 0 bridgehead atoms. The molecule has 4 fully saturated rings. The molecule has 32 heavy (non-hydrogen) atoms. The van der Waals surface area contributed by atoms with Crippen LogP contribution < -0.4 is 0 Å². The van der Waals surface area contributed by atoms with Gasteiger partial charge in [0, 0.05) is 23.8 Å². The number of aliphatic hydroxyl groups is 3. The van der Waals surface area contributed by atoms with Gasteiger partial charge in [-0.1, -0.05) is 45.3 Å². The highest BCUT2D eigenvalue weighted by atomic mass is 16.3. The van der Waals surface area contributed by atoms with Crippen molar-refractivity contribution in [2.45, 2.75) is 115 Å². The zero-order valence-corrected chi connectivity index (χ0v) is 20.9. The monoisotopic (exact) mass is 445 g/mol. The molecule has 1 aliphatic heterocycles. The number of rotatable bonds is 2. The summed E-state index contributed by atoms with van der Waals surface area (Å²) in [5.41, 5.74) is 0.601. The minimum atomic E-state index is -0.807. The molecule has 1 heterocycles. The van der Waals surface area contributed by atoms with Crippen molar-refractivity contribution >= 4 is 0 Å². The van der Waals surface area contributed by atoms with Crippen LogP contribution in [0.5, 0.6) is 0 Å². The third-order valence-corrected chi connectivity index (χ3v) is 11.7. The van der Waals surface area contributed by atoms with Gasteiger partial charge in [0.05, 0.1) is 17.8 Å². The van der Waals surface area contributed by atoms with E-state index in [1.54, 1.807) is 0 Å². The van der Waals surface area contributed by atoms with Gasteiger partial charge in [-0.05, 0) is 88.1 Å². The Labute approximate surface area is 195 Å². The van der Waals surface area contributed by atoms with E-state index in [2.05, 4.69) is 38.8 Å². The summed E-state index contributed by atoms with van der Waals surface area (Å²) in [4.78, 5) is 2.49. The first kappa shape index (κ1) is 23.3. The van der Waals surface area contributed by atoms with Crippen LogP contribution >= 0.6 is 0 Å². The smallest absolute Gasteiger partial charge is 0.0769 e. The van der Waals surface area contributed by atoms with E-state index in [1.165, 1.54) is 24.8 Å². The topological polar surface area (TPSA) is 63.9 Å². The third kappa shape index (κ3) is 3.22. The van der Waals surface area contributed by atoms with Crippen molar-refractivity contribution in [3.63, 3.8) is 0 Å². The highest BCUT2D eigenvalue weighted by molar-refractivity contribution is 5.27. The van der Waals surface area contributed by atoms with Gasteiger partial charge < -0.3 is 20.2 Å². The molecule has 4 heteroatoms. The Bertz CT molecular complexity index is 753. The van der Waals surface area contributed by atoms with Crippen molar-refractivity contribution in [1.29, 1.82) is 0 Å². The lowest BCUT2D eigenvalue weighted by molar-refractivity contribution is -0.163. The molecular formula is C28H47NO3. The van der Waals surface area contributed by atoms with Crippen molar-refractivity contribution in [2.75, 3.05) is 13.6 Å². The third-order valence-electron chi connectivity index (χ3n) is 11.7. The number of allylic oxidation sites excluding steroid dienone is 1. The Morgan fingerprint density at radius 3 is 2.62 bits per heavy atom. The highest BCUT2D eigenvalue weighted by Gasteiger charge is 2.68. The normalized spacial score (nSPS) is 52.9. The first-order valence-corrected chi connectivity index (χ1v) is 13.6. The number of hydrogen-bond donors (Lipinski definition) is 3. The number of nitrogens with zero attached hydrogens (tertiary/aromatic N) is 1. The molecule has 0 aromatic rings. The molecule has 0 amide bonds. The van der Waals surface area contributed by atoms with Gasteiger partial charge in [-0.15, -0.1) is 0 Å². The Kier molecular flexibility index (Phi) is 5.88. The summed E-state index contributed by atoms with van der Waals surface area (Å²) in [7, 11) is 2.24. The van der Waals surface area contributed by atoms with E-state index in [9.17, 15) is 15.3 Å². The highest BCUT2D eigenvalue weighted by Crippen LogP contribution is 2.68. The fourth-order valence-electron chi connectivity index (χ4n) is 9.72. The van der Waals surface area contributed by atoms with E-state index in [0.717, 1.165) is 51.5 Å². The van der Waals surface area contributed by atoms with Crippen LogP contribution in [0.1, 0.15) is 91.4 Å². The maximum Gasteiger partial charge on any atom is 0.0769 e. The quantitative estimate of drug-likeness (QED) is 0.547. The van der Waals surface area contributed by atoms with Crippen LogP contribution in [0.4, 0.5) is 0 Å². The largest absolute Gasteiger partial charge is 0.393 e. The Balaban J connectivity index is 1.46. The van der Waals surface area contributed by atoms with E-state index >= 15 is 0 Å². The van der Waals surface area contributed by atoms with Crippen LogP contribution in [0.2, 0.25) is 0 Å². The van der Waals surface area contributed by atoms with Crippen molar-refractivity contribution < 1.29 is 15.3 Å². The molecule has 3 saturated carbocycles. The van der Waals surface area contributed by atoms with Gasteiger partial charge >= 0.3 is 0 Å². The molecule has 1 saturated heterocycles. The molecule has 5 aliphatic rings. The number of likely N-dealkylation sites (tertiary alicyclic amines) is 1. The fraction of sp³-hybridized carbons (Fsp3) is 0.929. The molecular weight excluding hydrogens is 398 g/mol. The first-order valence-electron chi connectivity index (χ1n) is 13.6. The standard InChI is InChI=1S/C28H47NO3/c1-18(23-8-6-5-7-15-29(23)4)28(32)17-24(31)25-21-10-9-19-16-20(30)11-13-26(19,2)22(21)12-14-27(25,28)3/h9,18,20-25,30-32H,5-8,10-17H2,1-4H3/t18-,20-,21+,22-,23?,24+,25+,26-,27-,28?/m0/s1. The van der Waals surface area contributed by atoms with Crippen LogP contribution in [-0.2, 0) is 0 Å². The molecule has 0 aromatic carbocycles. The summed E-state index contributed by atoms with van der Waals surface area (Å²) in [6, 6.07) is 0.401. The summed E-state index contributed by atoms with van der Waals surface area (Å²) in [6.45, 7) is 8.15. The molecule has 2 unspecified atom stereocenters. The van der Waals surface area contributed by atoms with Crippen LogP contribution in [0.3, 0.4) is 0 Å². The molecule has 0 radical (unpaired) electrons. The van der Waals surface area contributed by atoms with Crippen LogP contribution in [0.25, 0.3) is 0 Å². The van der Waals surface area contributed by atoms with Gasteiger partial charge in [-0.2, -0.15) is 0 Å². The average Bonchev–Trinajstić information content (AvgIpc) is 2.86. The second kappa shape index (κ2) is 8.07.